The van der Waals surface area contributed by atoms with E-state index >= 15 is 17.6 Å². The van der Waals surface area contributed by atoms with Crippen LogP contribution in [0.3, 0.4) is 0 Å². The maximum absolute atomic E-state index is 18.1. The highest BCUT2D eigenvalue weighted by Gasteiger charge is 2.79. The Morgan fingerprint density at radius 2 is 1.00 bits per heavy atom. The van der Waals surface area contributed by atoms with Crippen LogP contribution < -0.4 is 0 Å². The molecule has 31 heteroatoms. The number of alkyl halides is 9. The van der Waals surface area contributed by atoms with Gasteiger partial charge in [-0.3, -0.25) is 32.5 Å². The van der Waals surface area contributed by atoms with Gasteiger partial charge in [0.15, 0.2) is 29.3 Å². The Morgan fingerprint density at radius 3 is 1.37 bits per heavy atom. The Kier molecular flexibility index (Phi) is 26.4. The fourth-order valence-electron chi connectivity index (χ4n) is 15.8. The van der Waals surface area contributed by atoms with Crippen LogP contribution in [0, 0.1) is 57.2 Å². The molecule has 514 valence electrons. The monoisotopic (exact) mass is 1390 g/mol. The predicted molar refractivity (Wildman–Crippen MR) is 320 cm³/mol. The van der Waals surface area contributed by atoms with Gasteiger partial charge < -0.3 is 38.2 Å². The lowest BCUT2D eigenvalue weighted by Gasteiger charge is -2.63. The zero-order chi connectivity index (χ0) is 65.0. The summed E-state index contributed by atoms with van der Waals surface area (Å²) < 4.78 is 203. The van der Waals surface area contributed by atoms with E-state index in [-0.39, 0.29) is 98.4 Å². The molecule has 18 atom stereocenters. The number of fused-ring (bicyclic) bond motifs is 10. The van der Waals surface area contributed by atoms with Crippen molar-refractivity contribution in [3.63, 3.8) is 0 Å². The second-order valence-electron chi connectivity index (χ2n) is 23.9. The van der Waals surface area contributed by atoms with Gasteiger partial charge >= 0.3 is 30.8 Å². The number of thioether (sulfide) groups is 2. The van der Waals surface area contributed by atoms with Crippen LogP contribution in [0.4, 0.5) is 39.5 Å². The average molecular weight is 1390 g/mol. The van der Waals surface area contributed by atoms with Crippen LogP contribution in [0.1, 0.15) is 130 Å². The van der Waals surface area contributed by atoms with Crippen molar-refractivity contribution in [3.05, 3.63) is 47.6 Å². The molecular formula is C58H89F9O17P2S3. The van der Waals surface area contributed by atoms with E-state index in [2.05, 4.69) is 13.2 Å². The van der Waals surface area contributed by atoms with E-state index in [1.165, 1.54) is 52.0 Å². The van der Waals surface area contributed by atoms with E-state index in [4.69, 9.17) is 13.8 Å². The van der Waals surface area contributed by atoms with E-state index in [1.54, 1.807) is 41.5 Å². The molecule has 17 nitrogen and oxygen atoms in total. The Labute approximate surface area is 525 Å². The zero-order valence-corrected chi connectivity index (χ0v) is 53.5. The number of halogens is 9. The van der Waals surface area contributed by atoms with E-state index in [0.29, 0.717) is 23.5 Å². The summed E-state index contributed by atoms with van der Waals surface area (Å²) in [7, 11) is -13.6. The van der Waals surface area contributed by atoms with Crippen LogP contribution in [0.5, 0.6) is 0 Å². The summed E-state index contributed by atoms with van der Waals surface area (Å²) in [5, 5.41) is 33.0. The van der Waals surface area contributed by atoms with Crippen molar-refractivity contribution in [1.29, 1.82) is 0 Å². The van der Waals surface area contributed by atoms with Crippen LogP contribution in [-0.2, 0) is 65.4 Å². The lowest BCUT2D eigenvalue weighted by Crippen LogP contribution is -2.70. The standard InChI is InChI=1S/C27H38F3O7PS.C22H27F3O4S.C6H12F3O6PS.3CH4/c1-6-36-38(34,37-7-2)15-35-22-13-25(5)18(10-16(3)27(25,33)23(32)39-14-28)19-12-21(29)20-11-17(31)8-9-24(20,4)26(19,22)30;1-11-6-13-14-8-16(24)15-7-12(26)4-5-19(15,2)21(14,25)17(27)9-20(13,3)22(11,29)18(28)30-10-23;1-3-13-16(10,14-4-2)5-15-17(11,12)6(7,8)9;;;/h8-9,11,16,18-19,21-22,33H,6-7,10,12-15H2,1-5H3;4-5,7,11,13-14,16-17,27,29H,6,8-10H2,1-3H3;3-5H2,1-2H3;3*1H4/t16-,18+,19+,21+,22+,24+,25+,26+,27+;11-,13+,14+,16+,17+,19+,20+,21+,22+;;;;/m11..../s1. The summed E-state index contributed by atoms with van der Waals surface area (Å²) in [6, 6.07) is -2.03. The van der Waals surface area contributed by atoms with Crippen LogP contribution in [0.25, 0.3) is 0 Å². The molecule has 0 aromatic carbocycles. The number of carbonyl (C=O) groups excluding carboxylic acids is 4. The third kappa shape index (κ3) is 13.4. The lowest BCUT2D eigenvalue weighted by atomic mass is 9.44. The number of hydrogen-bond donors (Lipinski definition) is 3. The minimum atomic E-state index is -5.80. The van der Waals surface area contributed by atoms with E-state index in [9.17, 15) is 74.0 Å². The molecule has 0 unspecified atom stereocenters. The van der Waals surface area contributed by atoms with Gasteiger partial charge in [0, 0.05) is 33.5 Å². The molecule has 0 aliphatic heterocycles. The molecule has 0 spiro atoms. The number of carbonyl (C=O) groups is 4. The third-order valence-electron chi connectivity index (χ3n) is 19.8. The second-order valence-corrected chi connectivity index (χ2v) is 31.3. The maximum Gasteiger partial charge on any atom is 0.523 e. The van der Waals surface area contributed by atoms with Gasteiger partial charge in [-0.15, -0.1) is 0 Å². The smallest absolute Gasteiger partial charge is 0.390 e. The summed E-state index contributed by atoms with van der Waals surface area (Å²) in [5.74, 6) is -5.36. The Bertz CT molecular complexity index is 2920. The Hall–Kier alpha value is -2.24. The molecule has 8 aliphatic carbocycles. The van der Waals surface area contributed by atoms with Gasteiger partial charge in [0.05, 0.1) is 38.6 Å². The van der Waals surface area contributed by atoms with Crippen molar-refractivity contribution in [3.8, 4) is 0 Å². The van der Waals surface area contributed by atoms with Crippen molar-refractivity contribution >= 4 is 70.6 Å². The second kappa shape index (κ2) is 29.0. The number of rotatable bonds is 18. The highest BCUT2D eigenvalue weighted by atomic mass is 32.2. The van der Waals surface area contributed by atoms with Crippen LogP contribution >= 0.6 is 38.7 Å². The maximum atomic E-state index is 18.1. The SMILES string of the molecule is C.C.C.CCOP(=O)(COS(=O)(=O)C(F)(F)F)OCC.CCOP(=O)(CO[C@H]1C[C@@]2(C)[C@@H](C[C@@H](C)[C@]2(O)C(=O)SCF)[C@@H]2C[C@H](F)C3=CC(=O)C=C[C@]3(C)[C@@]12F)OCC.C[C@@H]1C[C@H]2[C@@H]3C[C@H](F)C4=CC(=O)C=C[C@]4(C)[C@@]3(F)[C@@H](O)C[C@]2(C)[C@@]1(O)C(=O)SCF. The fourth-order valence-corrected chi connectivity index (χ4v) is 20.9. The molecule has 3 N–H and O–H groups in total. The highest BCUT2D eigenvalue weighted by Crippen LogP contribution is 2.74. The van der Waals surface area contributed by atoms with Crippen molar-refractivity contribution in [2.45, 2.75) is 183 Å². The largest absolute Gasteiger partial charge is 0.523 e. The molecule has 0 heterocycles. The first-order valence-electron chi connectivity index (χ1n) is 28.1. The number of ketones is 2. The van der Waals surface area contributed by atoms with Gasteiger partial charge in [-0.25, -0.2) is 26.3 Å². The quantitative estimate of drug-likeness (QED) is 0.0499. The minimum absolute atomic E-state index is 0. The minimum Gasteiger partial charge on any atom is -0.390 e. The molecule has 0 aromatic heterocycles. The van der Waals surface area contributed by atoms with Crippen molar-refractivity contribution in [1.82, 2.24) is 0 Å². The summed E-state index contributed by atoms with van der Waals surface area (Å²) in [5.41, 5.74) is -19.7. The topological polar surface area (TPSA) is 253 Å². The lowest BCUT2D eigenvalue weighted by molar-refractivity contribution is -0.230. The fraction of sp³-hybridized carbons (Fsp3) is 0.793. The first-order valence-corrected chi connectivity index (χ1v) is 35.0. The van der Waals surface area contributed by atoms with Crippen LogP contribution in [0.15, 0.2) is 47.6 Å². The molecule has 0 aromatic rings. The summed E-state index contributed by atoms with van der Waals surface area (Å²) in [6.45, 7) is 15.6. The van der Waals surface area contributed by atoms with E-state index < -0.39 is 182 Å². The van der Waals surface area contributed by atoms with Gasteiger partial charge in [0.2, 0.25) is 10.2 Å². The van der Waals surface area contributed by atoms with Crippen LogP contribution in [-0.4, -0.2) is 149 Å². The molecular weight excluding hydrogens is 1300 g/mol. The number of aliphatic hydroxyl groups excluding tert-OH is 1. The Balaban J connectivity index is 0.000000369. The van der Waals surface area contributed by atoms with Gasteiger partial charge in [-0.1, -0.05) is 85.7 Å². The number of allylic oxidation sites excluding steroid dienone is 8. The normalized spacial score (nSPS) is 39.3. The molecule has 8 rings (SSSR count). The molecule has 0 bridgehead atoms. The predicted octanol–water partition coefficient (Wildman–Crippen LogP) is 13.2. The van der Waals surface area contributed by atoms with E-state index in [0.717, 1.165) is 12.2 Å². The van der Waals surface area contributed by atoms with Gasteiger partial charge in [-0.05, 0) is 139 Å². The summed E-state index contributed by atoms with van der Waals surface area (Å²) >= 11 is 0.728. The number of ether oxygens (including phenoxy) is 1. The van der Waals surface area contributed by atoms with Gasteiger partial charge in [0.25, 0.3) is 0 Å². The van der Waals surface area contributed by atoms with Crippen molar-refractivity contribution in [2.75, 3.05) is 51.1 Å². The Morgan fingerprint density at radius 1 is 0.640 bits per heavy atom. The van der Waals surface area contributed by atoms with Crippen molar-refractivity contribution in [2.24, 2.45) is 57.2 Å². The average Bonchev–Trinajstić information content (AvgIpc) is 1.69. The third-order valence-corrected chi connectivity index (χ3v) is 25.8. The summed E-state index contributed by atoms with van der Waals surface area (Å²) in [4.78, 5) is 50.0. The molecule has 6 fully saturated rings. The molecule has 89 heavy (non-hydrogen) atoms. The highest BCUT2D eigenvalue weighted by molar-refractivity contribution is 8.14. The molecule has 6 saturated carbocycles. The number of aliphatic hydroxyl groups is 3. The number of hydrogen-bond acceptors (Lipinski definition) is 19. The first-order chi connectivity index (χ1) is 39.6. The molecule has 0 saturated heterocycles. The zero-order valence-electron chi connectivity index (χ0n) is 49.2. The van der Waals surface area contributed by atoms with E-state index in [1.807, 2.05) is 0 Å². The van der Waals surface area contributed by atoms with Crippen LogP contribution in [0.2, 0.25) is 0 Å². The molecule has 0 radical (unpaired) electrons. The van der Waals surface area contributed by atoms with Gasteiger partial charge in [0.1, 0.15) is 41.9 Å². The van der Waals surface area contributed by atoms with Crippen molar-refractivity contribution < 1.29 is 119 Å². The molecule has 8 aliphatic rings. The summed E-state index contributed by atoms with van der Waals surface area (Å²) in [6.07, 6.45) is -1.18. The molecule has 0 amide bonds. The van der Waals surface area contributed by atoms with Gasteiger partial charge in [-0.2, -0.15) is 21.6 Å². The first kappa shape index (κ1) is 81.0.